The Kier molecular flexibility index (Phi) is 6.93. The van der Waals surface area contributed by atoms with Crippen molar-refractivity contribution in [3.8, 4) is 0 Å². The second-order valence-electron chi connectivity index (χ2n) is 8.59. The lowest BCUT2D eigenvalue weighted by molar-refractivity contribution is -0.152. The molecule has 0 radical (unpaired) electrons. The van der Waals surface area contributed by atoms with E-state index in [0.29, 0.717) is 24.9 Å². The van der Waals surface area contributed by atoms with Gasteiger partial charge in [-0.15, -0.1) is 0 Å². The Labute approximate surface area is 173 Å². The largest absolute Gasteiger partial charge is 0.455 e. The molecule has 6 heteroatoms. The number of amides is 2. The zero-order valence-corrected chi connectivity index (χ0v) is 17.6. The van der Waals surface area contributed by atoms with E-state index in [1.54, 1.807) is 0 Å². The molecule has 6 nitrogen and oxygen atoms in total. The molecule has 1 heterocycles. The van der Waals surface area contributed by atoms with E-state index < -0.39 is 11.9 Å². The van der Waals surface area contributed by atoms with Crippen molar-refractivity contribution >= 4 is 17.8 Å². The minimum absolute atomic E-state index is 0.0295. The Morgan fingerprint density at radius 3 is 2.72 bits per heavy atom. The van der Waals surface area contributed by atoms with E-state index in [9.17, 15) is 14.4 Å². The lowest BCUT2D eigenvalue weighted by Gasteiger charge is -2.39. The SMILES string of the molecule is Cc1ccccc1CNC(=O)COC(=O)[C@H]1CC(=O)N([C@H]2CCC[C@H](C)[C@@H]2C)C1. The fourth-order valence-electron chi connectivity index (χ4n) is 4.51. The number of likely N-dealkylation sites (tertiary alicyclic amines) is 1. The summed E-state index contributed by atoms with van der Waals surface area (Å²) in [5.74, 6) is -0.210. The van der Waals surface area contributed by atoms with Gasteiger partial charge >= 0.3 is 5.97 Å². The van der Waals surface area contributed by atoms with Crippen LogP contribution in [0.15, 0.2) is 24.3 Å². The third-order valence-corrected chi connectivity index (χ3v) is 6.64. The summed E-state index contributed by atoms with van der Waals surface area (Å²) in [6, 6.07) is 8.02. The van der Waals surface area contributed by atoms with Gasteiger partial charge in [-0.25, -0.2) is 0 Å². The Balaban J connectivity index is 1.45. The minimum atomic E-state index is -0.476. The first kappa shape index (κ1) is 21.3. The monoisotopic (exact) mass is 400 g/mol. The van der Waals surface area contributed by atoms with Crippen molar-refractivity contribution in [1.29, 1.82) is 0 Å². The lowest BCUT2D eigenvalue weighted by atomic mass is 9.77. The second kappa shape index (κ2) is 9.42. The highest BCUT2D eigenvalue weighted by Gasteiger charge is 2.42. The summed E-state index contributed by atoms with van der Waals surface area (Å²) in [7, 11) is 0. The maximum atomic E-state index is 12.5. The summed E-state index contributed by atoms with van der Waals surface area (Å²) in [4.78, 5) is 38.8. The smallest absolute Gasteiger partial charge is 0.311 e. The molecule has 1 aliphatic carbocycles. The van der Waals surface area contributed by atoms with E-state index in [0.717, 1.165) is 24.0 Å². The highest BCUT2D eigenvalue weighted by atomic mass is 16.5. The van der Waals surface area contributed by atoms with Crippen LogP contribution in [-0.2, 0) is 25.7 Å². The van der Waals surface area contributed by atoms with Crippen LogP contribution in [0.2, 0.25) is 0 Å². The number of hydrogen-bond donors (Lipinski definition) is 1. The molecule has 0 aromatic heterocycles. The predicted molar refractivity (Wildman–Crippen MR) is 110 cm³/mol. The van der Waals surface area contributed by atoms with Crippen LogP contribution in [0.3, 0.4) is 0 Å². The quantitative estimate of drug-likeness (QED) is 0.745. The number of aryl methyl sites for hydroxylation is 1. The van der Waals surface area contributed by atoms with Crippen LogP contribution in [0, 0.1) is 24.7 Å². The zero-order chi connectivity index (χ0) is 21.0. The molecule has 0 spiro atoms. The van der Waals surface area contributed by atoms with Gasteiger partial charge in [0.1, 0.15) is 0 Å². The van der Waals surface area contributed by atoms with Crippen LogP contribution < -0.4 is 5.32 Å². The van der Waals surface area contributed by atoms with Gasteiger partial charge in [-0.2, -0.15) is 0 Å². The molecular formula is C23H32N2O4. The Morgan fingerprint density at radius 1 is 1.21 bits per heavy atom. The number of rotatable bonds is 6. The van der Waals surface area contributed by atoms with Gasteiger partial charge in [-0.3, -0.25) is 14.4 Å². The van der Waals surface area contributed by atoms with Gasteiger partial charge in [0, 0.05) is 25.6 Å². The number of esters is 1. The van der Waals surface area contributed by atoms with Gasteiger partial charge in [0.05, 0.1) is 5.92 Å². The van der Waals surface area contributed by atoms with Crippen molar-refractivity contribution in [3.63, 3.8) is 0 Å². The molecule has 29 heavy (non-hydrogen) atoms. The van der Waals surface area contributed by atoms with Crippen LogP contribution >= 0.6 is 0 Å². The number of benzene rings is 1. The fraction of sp³-hybridized carbons (Fsp3) is 0.609. The summed E-state index contributed by atoms with van der Waals surface area (Å²) < 4.78 is 5.21. The molecule has 1 aromatic carbocycles. The molecule has 1 aliphatic heterocycles. The van der Waals surface area contributed by atoms with Crippen molar-refractivity contribution in [3.05, 3.63) is 35.4 Å². The summed E-state index contributed by atoms with van der Waals surface area (Å²) in [6.07, 6.45) is 3.50. The van der Waals surface area contributed by atoms with Crippen molar-refractivity contribution in [1.82, 2.24) is 10.2 Å². The molecule has 1 saturated heterocycles. The number of nitrogens with zero attached hydrogens (tertiary/aromatic N) is 1. The Bertz CT molecular complexity index is 763. The maximum Gasteiger partial charge on any atom is 0.311 e. The van der Waals surface area contributed by atoms with Gasteiger partial charge in [0.15, 0.2) is 6.61 Å². The second-order valence-corrected chi connectivity index (χ2v) is 8.59. The van der Waals surface area contributed by atoms with Crippen molar-refractivity contribution in [2.24, 2.45) is 17.8 Å². The van der Waals surface area contributed by atoms with Gasteiger partial charge in [0.2, 0.25) is 5.91 Å². The summed E-state index contributed by atoms with van der Waals surface area (Å²) in [5, 5.41) is 2.77. The first-order valence-electron chi connectivity index (χ1n) is 10.6. The molecule has 2 amide bonds. The van der Waals surface area contributed by atoms with Crippen LogP contribution in [0.4, 0.5) is 0 Å². The van der Waals surface area contributed by atoms with E-state index in [4.69, 9.17) is 4.74 Å². The minimum Gasteiger partial charge on any atom is -0.455 e. The third-order valence-electron chi connectivity index (χ3n) is 6.64. The predicted octanol–water partition coefficient (Wildman–Crippen LogP) is 2.83. The first-order chi connectivity index (χ1) is 13.9. The molecule has 0 unspecified atom stereocenters. The molecule has 3 rings (SSSR count). The molecule has 1 aromatic rings. The third kappa shape index (κ3) is 5.17. The highest BCUT2D eigenvalue weighted by Crippen LogP contribution is 2.35. The number of ether oxygens (including phenoxy) is 1. The van der Waals surface area contributed by atoms with E-state index in [1.807, 2.05) is 36.1 Å². The van der Waals surface area contributed by atoms with Crippen molar-refractivity contribution < 1.29 is 19.1 Å². The Morgan fingerprint density at radius 2 is 1.97 bits per heavy atom. The Hall–Kier alpha value is -2.37. The summed E-state index contributed by atoms with van der Waals surface area (Å²) in [5.41, 5.74) is 2.13. The van der Waals surface area contributed by atoms with Gasteiger partial charge in [0.25, 0.3) is 5.91 Å². The number of carbonyl (C=O) groups is 3. The highest BCUT2D eigenvalue weighted by molar-refractivity contribution is 5.88. The normalized spacial score (nSPS) is 27.0. The molecule has 158 valence electrons. The molecular weight excluding hydrogens is 368 g/mol. The zero-order valence-electron chi connectivity index (χ0n) is 17.6. The fourth-order valence-corrected chi connectivity index (χ4v) is 4.51. The molecule has 2 aliphatic rings. The molecule has 4 atom stereocenters. The van der Waals surface area contributed by atoms with Crippen molar-refractivity contribution in [2.75, 3.05) is 13.2 Å². The van der Waals surface area contributed by atoms with Crippen LogP contribution in [0.25, 0.3) is 0 Å². The van der Waals surface area contributed by atoms with Gasteiger partial charge in [-0.1, -0.05) is 51.0 Å². The molecule has 1 saturated carbocycles. The average molecular weight is 401 g/mol. The number of nitrogens with one attached hydrogen (secondary N) is 1. The average Bonchev–Trinajstić information content (AvgIpc) is 3.09. The van der Waals surface area contributed by atoms with Gasteiger partial charge in [-0.05, 0) is 36.3 Å². The van der Waals surface area contributed by atoms with Crippen LogP contribution in [0.5, 0.6) is 0 Å². The van der Waals surface area contributed by atoms with Crippen LogP contribution in [0.1, 0.15) is 50.7 Å². The van der Waals surface area contributed by atoms with E-state index in [2.05, 4.69) is 19.2 Å². The number of hydrogen-bond acceptors (Lipinski definition) is 4. The summed E-state index contributed by atoms with van der Waals surface area (Å²) >= 11 is 0. The summed E-state index contributed by atoms with van der Waals surface area (Å²) in [6.45, 7) is 6.91. The molecule has 1 N–H and O–H groups in total. The number of carbonyl (C=O) groups excluding carboxylic acids is 3. The van der Waals surface area contributed by atoms with E-state index >= 15 is 0 Å². The lowest BCUT2D eigenvalue weighted by Crippen LogP contribution is -2.45. The van der Waals surface area contributed by atoms with Crippen LogP contribution in [-0.4, -0.2) is 41.9 Å². The topological polar surface area (TPSA) is 75.7 Å². The molecule has 2 fully saturated rings. The van der Waals surface area contributed by atoms with Gasteiger partial charge < -0.3 is 15.0 Å². The van der Waals surface area contributed by atoms with E-state index in [-0.39, 0.29) is 30.9 Å². The first-order valence-corrected chi connectivity index (χ1v) is 10.6. The standard InChI is InChI=1S/C23H32N2O4/c1-15-8-6-10-20(17(15)3)25-13-19(11-22(25)27)23(28)29-14-21(26)24-12-18-9-5-4-7-16(18)2/h4-5,7,9,15,17,19-20H,6,8,10-14H2,1-3H3,(H,24,26)/t15-,17-,19-,20-/m0/s1. The van der Waals surface area contributed by atoms with Crippen molar-refractivity contribution in [2.45, 2.75) is 59.0 Å². The maximum absolute atomic E-state index is 12.5. The molecule has 0 bridgehead atoms. The van der Waals surface area contributed by atoms with E-state index in [1.165, 1.54) is 6.42 Å².